The molecule has 0 fully saturated rings. The monoisotopic (exact) mass is 286 g/mol. The van der Waals surface area contributed by atoms with Crippen LogP contribution in [-0.2, 0) is 4.74 Å². The van der Waals surface area contributed by atoms with Gasteiger partial charge < -0.3 is 4.74 Å². The number of cyclic esters (lactones) is 2. The third-order valence-corrected chi connectivity index (χ3v) is 3.31. The molecule has 4 nitrogen and oxygen atoms in total. The van der Waals surface area contributed by atoms with Crippen molar-refractivity contribution in [3.8, 4) is 11.1 Å². The molecule has 0 unspecified atom stereocenters. The minimum absolute atomic E-state index is 0.169. The molecule has 0 saturated heterocycles. The molecule has 2 aromatic rings. The highest BCUT2D eigenvalue weighted by molar-refractivity contribution is 6.68. The summed E-state index contributed by atoms with van der Waals surface area (Å²) in [6, 6.07) is 11.4. The number of esters is 2. The molecule has 0 radical (unpaired) electrons. The lowest BCUT2D eigenvalue weighted by Crippen LogP contribution is -2.00. The van der Waals surface area contributed by atoms with Crippen LogP contribution in [0.5, 0.6) is 0 Å². The molecule has 0 spiro atoms. The minimum Gasteiger partial charge on any atom is -0.386 e. The Bertz CT molecular complexity index is 764. The van der Waals surface area contributed by atoms with Crippen LogP contribution in [0.25, 0.3) is 11.1 Å². The fourth-order valence-electron chi connectivity index (χ4n) is 2.25. The van der Waals surface area contributed by atoms with Crippen LogP contribution in [0.2, 0.25) is 0 Å². The maximum absolute atomic E-state index is 11.8. The number of halogens is 1. The van der Waals surface area contributed by atoms with Crippen molar-refractivity contribution in [2.24, 2.45) is 0 Å². The van der Waals surface area contributed by atoms with Crippen LogP contribution in [0.4, 0.5) is 0 Å². The molecule has 0 aliphatic carbocycles. The fourth-order valence-corrected chi connectivity index (χ4v) is 2.41. The molecule has 0 N–H and O–H groups in total. The lowest BCUT2D eigenvalue weighted by atomic mass is 9.93. The summed E-state index contributed by atoms with van der Waals surface area (Å²) in [5.41, 5.74) is 1.60. The molecular formula is C15H7ClO4. The number of fused-ring (bicyclic) bond motifs is 1. The Kier molecular flexibility index (Phi) is 2.88. The van der Waals surface area contributed by atoms with E-state index in [0.717, 1.165) is 0 Å². The van der Waals surface area contributed by atoms with Gasteiger partial charge in [0.25, 0.3) is 5.24 Å². The van der Waals surface area contributed by atoms with Crippen LogP contribution in [0, 0.1) is 0 Å². The van der Waals surface area contributed by atoms with Gasteiger partial charge >= 0.3 is 11.9 Å². The first-order chi connectivity index (χ1) is 9.59. The molecule has 20 heavy (non-hydrogen) atoms. The lowest BCUT2D eigenvalue weighted by Gasteiger charge is -2.08. The number of hydrogen-bond donors (Lipinski definition) is 0. The number of ether oxygens (including phenoxy) is 1. The molecule has 0 aromatic heterocycles. The molecule has 1 aliphatic rings. The number of carbonyl (C=O) groups is 3. The highest BCUT2D eigenvalue weighted by atomic mass is 35.5. The summed E-state index contributed by atoms with van der Waals surface area (Å²) in [7, 11) is 0. The van der Waals surface area contributed by atoms with Gasteiger partial charge in [-0.1, -0.05) is 30.3 Å². The Morgan fingerprint density at radius 2 is 1.50 bits per heavy atom. The van der Waals surface area contributed by atoms with Gasteiger partial charge in [-0.3, -0.25) is 4.79 Å². The predicted molar refractivity (Wildman–Crippen MR) is 71.8 cm³/mol. The van der Waals surface area contributed by atoms with Gasteiger partial charge in [0.1, 0.15) is 0 Å². The van der Waals surface area contributed by atoms with Gasteiger partial charge in [-0.05, 0) is 34.9 Å². The van der Waals surface area contributed by atoms with E-state index < -0.39 is 17.2 Å². The highest BCUT2D eigenvalue weighted by Gasteiger charge is 2.32. The number of benzene rings is 2. The number of rotatable bonds is 2. The summed E-state index contributed by atoms with van der Waals surface area (Å²) < 4.78 is 4.60. The fraction of sp³-hybridized carbons (Fsp3) is 0. The summed E-state index contributed by atoms with van der Waals surface area (Å²) in [5, 5.41) is -0.629. The minimum atomic E-state index is -0.711. The molecule has 5 heteroatoms. The number of hydrogen-bond acceptors (Lipinski definition) is 4. The third kappa shape index (κ3) is 1.82. The average Bonchev–Trinajstić information content (AvgIpc) is 2.74. The van der Waals surface area contributed by atoms with Crippen LogP contribution in [0.3, 0.4) is 0 Å². The molecule has 98 valence electrons. The summed E-state index contributed by atoms with van der Waals surface area (Å²) in [5.74, 6) is -1.39. The average molecular weight is 287 g/mol. The topological polar surface area (TPSA) is 60.4 Å². The predicted octanol–water partition coefficient (Wildman–Crippen LogP) is 3.04. The van der Waals surface area contributed by atoms with Crippen molar-refractivity contribution in [1.29, 1.82) is 0 Å². The van der Waals surface area contributed by atoms with Crippen molar-refractivity contribution in [1.82, 2.24) is 0 Å². The smallest absolute Gasteiger partial charge is 0.347 e. The molecule has 0 atom stereocenters. The normalized spacial score (nSPS) is 13.1. The lowest BCUT2D eigenvalue weighted by molar-refractivity contribution is 0.0444. The zero-order valence-electron chi connectivity index (χ0n) is 10.1. The molecule has 1 heterocycles. The van der Waals surface area contributed by atoms with Gasteiger partial charge in [0.15, 0.2) is 0 Å². The van der Waals surface area contributed by atoms with E-state index in [2.05, 4.69) is 4.74 Å². The van der Waals surface area contributed by atoms with E-state index in [1.165, 1.54) is 6.07 Å². The maximum atomic E-state index is 11.8. The highest BCUT2D eigenvalue weighted by Crippen LogP contribution is 2.33. The zero-order chi connectivity index (χ0) is 14.3. The van der Waals surface area contributed by atoms with E-state index in [1.807, 2.05) is 0 Å². The molecular weight excluding hydrogens is 280 g/mol. The molecule has 1 aliphatic heterocycles. The van der Waals surface area contributed by atoms with Gasteiger partial charge in [-0.15, -0.1) is 0 Å². The maximum Gasteiger partial charge on any atom is 0.347 e. The Labute approximate surface area is 118 Å². The van der Waals surface area contributed by atoms with Gasteiger partial charge in [-0.25, -0.2) is 9.59 Å². The number of carbonyl (C=O) groups excluding carboxylic acids is 3. The summed E-state index contributed by atoms with van der Waals surface area (Å²) in [6.07, 6.45) is 0. The third-order valence-electron chi connectivity index (χ3n) is 3.10. The standard InChI is InChI=1S/C15H7ClO4/c16-13(17)10-5-2-1-4-8(10)9-6-3-7-11-12(9)15(19)20-14(11)18/h1-7H. The van der Waals surface area contributed by atoms with Crippen molar-refractivity contribution in [2.45, 2.75) is 0 Å². The van der Waals surface area contributed by atoms with Crippen molar-refractivity contribution < 1.29 is 19.1 Å². The van der Waals surface area contributed by atoms with E-state index in [-0.39, 0.29) is 16.7 Å². The van der Waals surface area contributed by atoms with Gasteiger partial charge in [0.2, 0.25) is 0 Å². The van der Waals surface area contributed by atoms with Crippen LogP contribution >= 0.6 is 11.6 Å². The molecule has 0 amide bonds. The first kappa shape index (κ1) is 12.6. The second-order valence-corrected chi connectivity index (χ2v) is 4.57. The van der Waals surface area contributed by atoms with Crippen LogP contribution in [-0.4, -0.2) is 17.2 Å². The quantitative estimate of drug-likeness (QED) is 0.484. The first-order valence-corrected chi connectivity index (χ1v) is 6.16. The van der Waals surface area contributed by atoms with Crippen LogP contribution in [0.15, 0.2) is 42.5 Å². The van der Waals surface area contributed by atoms with E-state index in [9.17, 15) is 14.4 Å². The Hall–Kier alpha value is -2.46. The van der Waals surface area contributed by atoms with Gasteiger partial charge in [-0.2, -0.15) is 0 Å². The SMILES string of the molecule is O=C(Cl)c1ccccc1-c1cccc2c1C(=O)OC2=O. The molecule has 0 bridgehead atoms. The van der Waals surface area contributed by atoms with Crippen molar-refractivity contribution in [2.75, 3.05) is 0 Å². The van der Waals surface area contributed by atoms with Crippen molar-refractivity contribution in [3.05, 3.63) is 59.2 Å². The second-order valence-electron chi connectivity index (χ2n) is 4.22. The van der Waals surface area contributed by atoms with E-state index >= 15 is 0 Å². The van der Waals surface area contributed by atoms with E-state index in [4.69, 9.17) is 11.6 Å². The molecule has 2 aromatic carbocycles. The summed E-state index contributed by atoms with van der Waals surface area (Å²) >= 11 is 5.55. The molecule has 0 saturated carbocycles. The Balaban J connectivity index is 2.31. The van der Waals surface area contributed by atoms with E-state index in [0.29, 0.717) is 11.1 Å². The largest absolute Gasteiger partial charge is 0.386 e. The van der Waals surface area contributed by atoms with Crippen LogP contribution in [0.1, 0.15) is 31.1 Å². The van der Waals surface area contributed by atoms with E-state index in [1.54, 1.807) is 36.4 Å². The van der Waals surface area contributed by atoms with Crippen LogP contribution < -0.4 is 0 Å². The Morgan fingerprint density at radius 1 is 0.850 bits per heavy atom. The Morgan fingerprint density at radius 3 is 2.25 bits per heavy atom. The zero-order valence-corrected chi connectivity index (χ0v) is 10.8. The van der Waals surface area contributed by atoms with Crippen molar-refractivity contribution in [3.63, 3.8) is 0 Å². The van der Waals surface area contributed by atoms with Gasteiger partial charge in [0.05, 0.1) is 11.1 Å². The first-order valence-electron chi connectivity index (χ1n) is 5.78. The second kappa shape index (κ2) is 4.58. The molecule has 3 rings (SSSR count). The summed E-state index contributed by atoms with van der Waals surface area (Å²) in [6.45, 7) is 0. The van der Waals surface area contributed by atoms with Gasteiger partial charge in [0, 0.05) is 5.56 Å². The van der Waals surface area contributed by atoms with Crippen molar-refractivity contribution >= 4 is 28.8 Å². The summed E-state index contributed by atoms with van der Waals surface area (Å²) in [4.78, 5) is 34.8.